The van der Waals surface area contributed by atoms with Crippen molar-refractivity contribution in [3.05, 3.63) is 36.5 Å². The molecule has 0 aliphatic rings. The molecular weight excluding hydrogens is 264 g/mol. The van der Waals surface area contributed by atoms with Gasteiger partial charge >= 0.3 is 0 Å². The number of guanidine groups is 1. The molecule has 1 N–H and O–H groups in total. The van der Waals surface area contributed by atoms with Crippen LogP contribution >= 0.6 is 0 Å². The van der Waals surface area contributed by atoms with Crippen LogP contribution in [0.2, 0.25) is 19.6 Å². The van der Waals surface area contributed by atoms with Crippen LogP contribution < -0.4 is 5.32 Å². The van der Waals surface area contributed by atoms with E-state index in [1.165, 1.54) is 0 Å². The number of rotatable bonds is 2. The highest BCUT2D eigenvalue weighted by atomic mass is 28.3. The second kappa shape index (κ2) is 5.62. The van der Waals surface area contributed by atoms with Gasteiger partial charge in [-0.05, 0) is 31.8 Å². The molecule has 0 saturated carbocycles. The molecule has 5 heteroatoms. The van der Waals surface area contributed by atoms with Gasteiger partial charge in [-0.1, -0.05) is 18.2 Å². The molecule has 1 aromatic heterocycles. The first-order valence-corrected chi connectivity index (χ1v) is 10.2. The molecule has 0 fully saturated rings. The van der Waals surface area contributed by atoms with Crippen LogP contribution in [0, 0.1) is 0 Å². The van der Waals surface area contributed by atoms with Crippen molar-refractivity contribution >= 4 is 30.8 Å². The minimum absolute atomic E-state index is 0.891. The van der Waals surface area contributed by atoms with Crippen molar-refractivity contribution in [2.45, 2.75) is 19.6 Å². The summed E-state index contributed by atoms with van der Waals surface area (Å²) in [7, 11) is 2.47. The zero-order valence-corrected chi connectivity index (χ0v) is 13.8. The summed E-state index contributed by atoms with van der Waals surface area (Å²) in [5.41, 5.74) is 1.97. The number of anilines is 1. The standard InChI is InChI=1S/C15H22N4Si/c1-19(2)15(18-20(3,4)5)17-13-10-6-8-12-9-7-11-16-14(12)13/h6-11H,1-5H3,(H,17,18). The molecule has 0 unspecified atom stereocenters. The van der Waals surface area contributed by atoms with Crippen molar-refractivity contribution in [3.63, 3.8) is 0 Å². The van der Waals surface area contributed by atoms with E-state index in [-0.39, 0.29) is 0 Å². The van der Waals surface area contributed by atoms with E-state index in [0.29, 0.717) is 0 Å². The number of aromatic nitrogens is 1. The molecule has 2 rings (SSSR count). The zero-order chi connectivity index (χ0) is 14.8. The summed E-state index contributed by atoms with van der Waals surface area (Å²) in [5, 5.41) is 4.55. The Morgan fingerprint density at radius 2 is 1.85 bits per heavy atom. The third-order valence-electron chi connectivity index (χ3n) is 2.74. The van der Waals surface area contributed by atoms with Gasteiger partial charge in [-0.2, -0.15) is 0 Å². The maximum atomic E-state index is 4.85. The van der Waals surface area contributed by atoms with Crippen LogP contribution in [0.3, 0.4) is 0 Å². The molecule has 20 heavy (non-hydrogen) atoms. The van der Waals surface area contributed by atoms with Crippen LogP contribution in [0.15, 0.2) is 41.2 Å². The highest BCUT2D eigenvalue weighted by molar-refractivity contribution is 6.75. The van der Waals surface area contributed by atoms with Crippen molar-refractivity contribution < 1.29 is 0 Å². The van der Waals surface area contributed by atoms with Crippen LogP contribution in [0.4, 0.5) is 5.69 Å². The fraction of sp³-hybridized carbons (Fsp3) is 0.333. The molecule has 2 aromatic rings. The van der Waals surface area contributed by atoms with Gasteiger partial charge in [0.15, 0.2) is 14.2 Å². The fourth-order valence-corrected chi connectivity index (χ4v) is 2.77. The summed E-state index contributed by atoms with van der Waals surface area (Å²) in [5.74, 6) is 0.891. The Bertz CT molecular complexity index is 624. The lowest BCUT2D eigenvalue weighted by Gasteiger charge is -2.22. The maximum absolute atomic E-state index is 4.85. The molecule has 0 atom stereocenters. The van der Waals surface area contributed by atoms with Crippen LogP contribution in [-0.4, -0.2) is 38.2 Å². The number of benzene rings is 1. The maximum Gasteiger partial charge on any atom is 0.188 e. The summed E-state index contributed by atoms with van der Waals surface area (Å²) in [6.07, 6.45) is 1.82. The second-order valence-corrected chi connectivity index (χ2v) is 10.6. The lowest BCUT2D eigenvalue weighted by molar-refractivity contribution is 0.622. The predicted molar refractivity (Wildman–Crippen MR) is 89.8 cm³/mol. The largest absolute Gasteiger partial charge is 0.350 e. The third-order valence-corrected chi connectivity index (χ3v) is 3.63. The van der Waals surface area contributed by atoms with Crippen molar-refractivity contribution in [1.82, 2.24) is 9.88 Å². The molecule has 0 aliphatic heterocycles. The van der Waals surface area contributed by atoms with Gasteiger partial charge in [-0.3, -0.25) is 9.64 Å². The van der Waals surface area contributed by atoms with Crippen LogP contribution in [-0.2, 0) is 0 Å². The van der Waals surface area contributed by atoms with Crippen molar-refractivity contribution in [2.75, 3.05) is 19.4 Å². The second-order valence-electron chi connectivity index (χ2n) is 6.01. The van der Waals surface area contributed by atoms with Gasteiger partial charge in [0.2, 0.25) is 0 Å². The van der Waals surface area contributed by atoms with Crippen molar-refractivity contribution in [1.29, 1.82) is 0 Å². The average molecular weight is 286 g/mol. The van der Waals surface area contributed by atoms with E-state index < -0.39 is 8.24 Å². The molecule has 0 aliphatic carbocycles. The van der Waals surface area contributed by atoms with Gasteiger partial charge in [0, 0.05) is 25.7 Å². The minimum Gasteiger partial charge on any atom is -0.350 e. The van der Waals surface area contributed by atoms with Crippen LogP contribution in [0.25, 0.3) is 10.9 Å². The molecule has 0 saturated heterocycles. The smallest absolute Gasteiger partial charge is 0.188 e. The van der Waals surface area contributed by atoms with E-state index >= 15 is 0 Å². The van der Waals surface area contributed by atoms with Gasteiger partial charge in [0.1, 0.15) is 0 Å². The molecule has 0 spiro atoms. The molecule has 0 amide bonds. The fourth-order valence-electron chi connectivity index (χ4n) is 1.88. The monoisotopic (exact) mass is 286 g/mol. The topological polar surface area (TPSA) is 40.5 Å². The summed E-state index contributed by atoms with van der Waals surface area (Å²) in [6.45, 7) is 6.67. The first kappa shape index (κ1) is 14.5. The number of hydrogen-bond acceptors (Lipinski definition) is 2. The molecule has 0 radical (unpaired) electrons. The van der Waals surface area contributed by atoms with E-state index in [1.807, 2.05) is 43.4 Å². The number of hydrogen-bond donors (Lipinski definition) is 1. The third kappa shape index (κ3) is 3.57. The Hall–Kier alpha value is -1.88. The van der Waals surface area contributed by atoms with E-state index in [0.717, 1.165) is 22.5 Å². The Morgan fingerprint density at radius 1 is 1.15 bits per heavy atom. The van der Waals surface area contributed by atoms with Gasteiger partial charge < -0.3 is 10.2 Å². The van der Waals surface area contributed by atoms with Gasteiger partial charge in [-0.25, -0.2) is 0 Å². The summed E-state index contributed by atoms with van der Waals surface area (Å²) >= 11 is 0. The lowest BCUT2D eigenvalue weighted by Crippen LogP contribution is -2.34. The number of nitrogens with zero attached hydrogens (tertiary/aromatic N) is 3. The molecule has 1 heterocycles. The van der Waals surface area contributed by atoms with Crippen LogP contribution in [0.1, 0.15) is 0 Å². The van der Waals surface area contributed by atoms with Gasteiger partial charge in [0.25, 0.3) is 0 Å². The van der Waals surface area contributed by atoms with Crippen molar-refractivity contribution in [2.24, 2.45) is 4.66 Å². The Kier molecular flexibility index (Phi) is 4.08. The Labute approximate surface area is 121 Å². The number of fused-ring (bicyclic) bond motifs is 1. The number of nitrogens with one attached hydrogen (secondary N) is 1. The van der Waals surface area contributed by atoms with E-state index in [2.05, 4.69) is 42.1 Å². The SMILES string of the molecule is CN(C)/C(=N\[Si](C)(C)C)Nc1cccc2cccnc12. The quantitative estimate of drug-likeness (QED) is 0.522. The summed E-state index contributed by atoms with van der Waals surface area (Å²) in [4.78, 5) is 6.48. The number of pyridine rings is 1. The number of para-hydroxylation sites is 1. The van der Waals surface area contributed by atoms with Crippen molar-refractivity contribution in [3.8, 4) is 0 Å². The molecular formula is C15H22N4Si. The summed E-state index contributed by atoms with van der Waals surface area (Å²) < 4.78 is 4.85. The predicted octanol–water partition coefficient (Wildman–Crippen LogP) is 3.40. The van der Waals surface area contributed by atoms with E-state index in [9.17, 15) is 0 Å². The minimum atomic E-state index is -1.54. The molecule has 106 valence electrons. The first-order chi connectivity index (χ1) is 9.37. The first-order valence-electron chi connectivity index (χ1n) is 6.75. The Balaban J connectivity index is 2.42. The Morgan fingerprint density at radius 3 is 2.50 bits per heavy atom. The van der Waals surface area contributed by atoms with E-state index in [4.69, 9.17) is 4.66 Å². The molecule has 0 bridgehead atoms. The van der Waals surface area contributed by atoms with Gasteiger partial charge in [-0.15, -0.1) is 0 Å². The van der Waals surface area contributed by atoms with E-state index in [1.54, 1.807) is 0 Å². The lowest BCUT2D eigenvalue weighted by atomic mass is 10.2. The zero-order valence-electron chi connectivity index (χ0n) is 12.8. The van der Waals surface area contributed by atoms with Crippen LogP contribution in [0.5, 0.6) is 0 Å². The molecule has 1 aromatic carbocycles. The highest BCUT2D eigenvalue weighted by Crippen LogP contribution is 2.21. The normalized spacial score (nSPS) is 12.6. The highest BCUT2D eigenvalue weighted by Gasteiger charge is 2.15. The average Bonchev–Trinajstić information content (AvgIpc) is 2.36. The van der Waals surface area contributed by atoms with Gasteiger partial charge in [0.05, 0.1) is 11.2 Å². The summed E-state index contributed by atoms with van der Waals surface area (Å²) in [6, 6.07) is 10.2. The molecule has 4 nitrogen and oxygen atoms in total.